The minimum absolute atomic E-state index is 0.191. The van der Waals surface area contributed by atoms with Crippen LogP contribution in [0.2, 0.25) is 0 Å². The van der Waals surface area contributed by atoms with Gasteiger partial charge >= 0.3 is 0 Å². The number of ether oxygens (including phenoxy) is 1. The van der Waals surface area contributed by atoms with Crippen molar-refractivity contribution in [3.8, 4) is 17.1 Å². The molecule has 5 heteroatoms. The van der Waals surface area contributed by atoms with Gasteiger partial charge < -0.3 is 14.4 Å². The predicted octanol–water partition coefficient (Wildman–Crippen LogP) is 1.24. The molecule has 0 aliphatic carbocycles. The maximum atomic E-state index is 8.80. The zero-order chi connectivity index (χ0) is 10.7. The van der Waals surface area contributed by atoms with Crippen molar-refractivity contribution in [2.24, 2.45) is 0 Å². The fourth-order valence-electron chi connectivity index (χ4n) is 1.26. The number of para-hydroxylation sites is 1. The molecule has 1 N–H and O–H groups in total. The third-order valence-electron chi connectivity index (χ3n) is 1.95. The summed E-state index contributed by atoms with van der Waals surface area (Å²) in [6.07, 6.45) is 0. The molecule has 0 amide bonds. The van der Waals surface area contributed by atoms with Crippen molar-refractivity contribution in [2.45, 2.75) is 6.61 Å². The number of rotatable bonds is 3. The van der Waals surface area contributed by atoms with E-state index < -0.39 is 0 Å². The molecule has 1 heterocycles. The SMILES string of the molecule is COc1ccccc1-c1noc(CO)n1. The highest BCUT2D eigenvalue weighted by Gasteiger charge is 2.11. The van der Waals surface area contributed by atoms with Crippen LogP contribution in [-0.4, -0.2) is 22.4 Å². The van der Waals surface area contributed by atoms with Gasteiger partial charge in [-0.05, 0) is 12.1 Å². The molecule has 0 fully saturated rings. The van der Waals surface area contributed by atoms with Crippen LogP contribution in [-0.2, 0) is 6.61 Å². The fourth-order valence-corrected chi connectivity index (χ4v) is 1.26. The number of aliphatic hydroxyl groups excluding tert-OH is 1. The van der Waals surface area contributed by atoms with Gasteiger partial charge in [0.25, 0.3) is 5.89 Å². The zero-order valence-corrected chi connectivity index (χ0v) is 8.17. The molecule has 78 valence electrons. The van der Waals surface area contributed by atoms with Gasteiger partial charge in [0.15, 0.2) is 0 Å². The molecule has 0 saturated heterocycles. The van der Waals surface area contributed by atoms with E-state index in [2.05, 4.69) is 10.1 Å². The second-order valence-electron chi connectivity index (χ2n) is 2.87. The minimum atomic E-state index is -0.262. The lowest BCUT2D eigenvalue weighted by atomic mass is 10.2. The lowest BCUT2D eigenvalue weighted by Gasteiger charge is -2.02. The molecule has 0 saturated carbocycles. The lowest BCUT2D eigenvalue weighted by molar-refractivity contribution is 0.222. The summed E-state index contributed by atoms with van der Waals surface area (Å²) in [5.74, 6) is 1.27. The molecule has 0 spiro atoms. The Balaban J connectivity index is 2.44. The second kappa shape index (κ2) is 4.10. The quantitative estimate of drug-likeness (QED) is 0.818. The van der Waals surface area contributed by atoms with Gasteiger partial charge in [-0.1, -0.05) is 17.3 Å². The van der Waals surface area contributed by atoms with Crippen molar-refractivity contribution in [3.63, 3.8) is 0 Å². The van der Waals surface area contributed by atoms with Crippen LogP contribution in [0, 0.1) is 0 Å². The maximum absolute atomic E-state index is 8.80. The van der Waals surface area contributed by atoms with Crippen molar-refractivity contribution in [2.75, 3.05) is 7.11 Å². The zero-order valence-electron chi connectivity index (χ0n) is 8.17. The summed E-state index contributed by atoms with van der Waals surface area (Å²) in [7, 11) is 1.58. The first-order valence-electron chi connectivity index (χ1n) is 4.42. The standard InChI is InChI=1S/C10H10N2O3/c1-14-8-5-3-2-4-7(8)10-11-9(6-13)15-12-10/h2-5,13H,6H2,1H3. The normalized spacial score (nSPS) is 10.3. The van der Waals surface area contributed by atoms with Gasteiger partial charge in [-0.25, -0.2) is 0 Å². The van der Waals surface area contributed by atoms with Gasteiger partial charge in [-0.15, -0.1) is 0 Å². The third kappa shape index (κ3) is 1.82. The van der Waals surface area contributed by atoms with E-state index in [4.69, 9.17) is 14.4 Å². The molecule has 2 rings (SSSR count). The summed E-state index contributed by atoms with van der Waals surface area (Å²) in [5, 5.41) is 12.5. The van der Waals surface area contributed by atoms with Gasteiger partial charge in [0.2, 0.25) is 5.82 Å². The first kappa shape index (κ1) is 9.67. The fraction of sp³-hybridized carbons (Fsp3) is 0.200. The Morgan fingerprint density at radius 1 is 1.40 bits per heavy atom. The van der Waals surface area contributed by atoms with E-state index in [1.165, 1.54) is 0 Å². The van der Waals surface area contributed by atoms with Gasteiger partial charge in [-0.2, -0.15) is 4.98 Å². The Bertz CT molecular complexity index is 453. The number of benzene rings is 1. The third-order valence-corrected chi connectivity index (χ3v) is 1.95. The highest BCUT2D eigenvalue weighted by molar-refractivity contribution is 5.63. The summed E-state index contributed by atoms with van der Waals surface area (Å²) in [5.41, 5.74) is 0.739. The van der Waals surface area contributed by atoms with E-state index >= 15 is 0 Å². The van der Waals surface area contributed by atoms with Crippen LogP contribution in [0.4, 0.5) is 0 Å². The van der Waals surface area contributed by atoms with Crippen LogP contribution >= 0.6 is 0 Å². The van der Waals surface area contributed by atoms with Crippen molar-refractivity contribution in [3.05, 3.63) is 30.2 Å². The molecule has 0 aliphatic heterocycles. The average Bonchev–Trinajstić information content (AvgIpc) is 2.77. The Morgan fingerprint density at radius 3 is 2.87 bits per heavy atom. The van der Waals surface area contributed by atoms with E-state index in [0.29, 0.717) is 11.6 Å². The van der Waals surface area contributed by atoms with Crippen LogP contribution in [0.15, 0.2) is 28.8 Å². The Morgan fingerprint density at radius 2 is 2.20 bits per heavy atom. The topological polar surface area (TPSA) is 68.4 Å². The highest BCUT2D eigenvalue weighted by Crippen LogP contribution is 2.26. The van der Waals surface area contributed by atoms with E-state index in [1.807, 2.05) is 24.3 Å². The minimum Gasteiger partial charge on any atom is -0.496 e. The lowest BCUT2D eigenvalue weighted by Crippen LogP contribution is -1.89. The monoisotopic (exact) mass is 206 g/mol. The van der Waals surface area contributed by atoms with Crippen LogP contribution < -0.4 is 4.74 Å². The second-order valence-corrected chi connectivity index (χ2v) is 2.87. The molecule has 15 heavy (non-hydrogen) atoms. The Kier molecular flexibility index (Phi) is 2.64. The van der Waals surface area contributed by atoms with Crippen LogP contribution in [0.25, 0.3) is 11.4 Å². The summed E-state index contributed by atoms with van der Waals surface area (Å²) >= 11 is 0. The number of hydrogen-bond donors (Lipinski definition) is 1. The number of nitrogens with zero attached hydrogens (tertiary/aromatic N) is 2. The van der Waals surface area contributed by atoms with Crippen LogP contribution in [0.1, 0.15) is 5.89 Å². The molecule has 0 unspecified atom stereocenters. The largest absolute Gasteiger partial charge is 0.496 e. The summed E-state index contributed by atoms with van der Waals surface area (Å²) in [4.78, 5) is 4.00. The van der Waals surface area contributed by atoms with Crippen molar-refractivity contribution < 1.29 is 14.4 Å². The maximum Gasteiger partial charge on any atom is 0.252 e. The number of aliphatic hydroxyl groups is 1. The summed E-state index contributed by atoms with van der Waals surface area (Å²) in [6.45, 7) is -0.262. The summed E-state index contributed by atoms with van der Waals surface area (Å²) < 4.78 is 9.96. The van der Waals surface area contributed by atoms with Crippen molar-refractivity contribution >= 4 is 0 Å². The number of methoxy groups -OCH3 is 1. The average molecular weight is 206 g/mol. The molecular formula is C10H10N2O3. The van der Waals surface area contributed by atoms with Crippen molar-refractivity contribution in [1.82, 2.24) is 10.1 Å². The van der Waals surface area contributed by atoms with E-state index in [9.17, 15) is 0 Å². The van der Waals surface area contributed by atoms with E-state index in [-0.39, 0.29) is 12.5 Å². The van der Waals surface area contributed by atoms with Gasteiger partial charge in [-0.3, -0.25) is 0 Å². The van der Waals surface area contributed by atoms with Gasteiger partial charge in [0, 0.05) is 0 Å². The molecule has 1 aromatic carbocycles. The molecule has 2 aromatic rings. The molecule has 0 bridgehead atoms. The van der Waals surface area contributed by atoms with E-state index in [1.54, 1.807) is 7.11 Å². The Hall–Kier alpha value is -1.88. The van der Waals surface area contributed by atoms with E-state index in [0.717, 1.165) is 5.56 Å². The first-order valence-corrected chi connectivity index (χ1v) is 4.42. The smallest absolute Gasteiger partial charge is 0.252 e. The highest BCUT2D eigenvalue weighted by atomic mass is 16.5. The molecule has 0 aliphatic rings. The first-order chi connectivity index (χ1) is 7.35. The van der Waals surface area contributed by atoms with Crippen LogP contribution in [0.3, 0.4) is 0 Å². The number of hydrogen-bond acceptors (Lipinski definition) is 5. The molecule has 1 aromatic heterocycles. The number of aromatic nitrogens is 2. The predicted molar refractivity (Wildman–Crippen MR) is 52.2 cm³/mol. The molecule has 0 atom stereocenters. The molecule has 5 nitrogen and oxygen atoms in total. The summed E-state index contributed by atoms with van der Waals surface area (Å²) in [6, 6.07) is 7.34. The Labute approximate surface area is 86.3 Å². The van der Waals surface area contributed by atoms with Crippen molar-refractivity contribution in [1.29, 1.82) is 0 Å². The van der Waals surface area contributed by atoms with Gasteiger partial charge in [0.05, 0.1) is 12.7 Å². The molecular weight excluding hydrogens is 196 g/mol. The van der Waals surface area contributed by atoms with Gasteiger partial charge in [0.1, 0.15) is 12.4 Å². The van der Waals surface area contributed by atoms with Crippen LogP contribution in [0.5, 0.6) is 5.75 Å². The molecule has 0 radical (unpaired) electrons.